The van der Waals surface area contributed by atoms with Gasteiger partial charge in [-0.3, -0.25) is 9.59 Å². The van der Waals surface area contributed by atoms with E-state index in [1.165, 1.54) is 6.92 Å². The molecular weight excluding hydrogens is 342 g/mol. The minimum Gasteiger partial charge on any atom is -0.437 e. The summed E-state index contributed by atoms with van der Waals surface area (Å²) < 4.78 is 5.75. The van der Waals surface area contributed by atoms with Crippen LogP contribution in [0.1, 0.15) is 22.8 Å². The number of ether oxygens (including phenoxy) is 1. The quantitative estimate of drug-likeness (QED) is 0.700. The second kappa shape index (κ2) is 8.62. The van der Waals surface area contributed by atoms with Gasteiger partial charge in [0, 0.05) is 25.2 Å². The Hall–Kier alpha value is -3.67. The maximum atomic E-state index is 12.5. The second-order valence-corrected chi connectivity index (χ2v) is 5.83. The third-order valence-electron chi connectivity index (χ3n) is 3.73. The first kappa shape index (κ1) is 18.1. The van der Waals surface area contributed by atoms with Crippen LogP contribution in [0.2, 0.25) is 0 Å². The largest absolute Gasteiger partial charge is 0.437 e. The number of aromatic nitrogens is 1. The molecule has 27 heavy (non-hydrogen) atoms. The molecule has 0 aliphatic carbocycles. The third kappa shape index (κ3) is 5.15. The summed E-state index contributed by atoms with van der Waals surface area (Å²) >= 11 is 0. The Labute approximate surface area is 157 Å². The predicted molar refractivity (Wildman–Crippen MR) is 103 cm³/mol. The molecule has 0 atom stereocenters. The fourth-order valence-electron chi connectivity index (χ4n) is 2.36. The molecule has 2 aromatic carbocycles. The van der Waals surface area contributed by atoms with Crippen molar-refractivity contribution in [2.45, 2.75) is 13.5 Å². The number of hydrogen-bond acceptors (Lipinski definition) is 4. The maximum absolute atomic E-state index is 12.5. The second-order valence-electron chi connectivity index (χ2n) is 5.83. The number of pyridine rings is 1. The van der Waals surface area contributed by atoms with Gasteiger partial charge in [0.25, 0.3) is 5.91 Å². The van der Waals surface area contributed by atoms with Crippen molar-refractivity contribution < 1.29 is 14.3 Å². The van der Waals surface area contributed by atoms with Gasteiger partial charge in [-0.05, 0) is 42.0 Å². The number of benzene rings is 2. The van der Waals surface area contributed by atoms with Crippen molar-refractivity contribution in [3.63, 3.8) is 0 Å². The Kier molecular flexibility index (Phi) is 5.79. The lowest BCUT2D eigenvalue weighted by Gasteiger charge is -2.11. The maximum Gasteiger partial charge on any atom is 0.255 e. The smallest absolute Gasteiger partial charge is 0.255 e. The lowest BCUT2D eigenvalue weighted by Crippen LogP contribution is -2.19. The molecule has 6 nitrogen and oxygen atoms in total. The molecule has 0 bridgehead atoms. The van der Waals surface area contributed by atoms with Crippen LogP contribution in [0.25, 0.3) is 0 Å². The number of carbonyl (C=O) groups is 2. The molecule has 0 aliphatic rings. The topological polar surface area (TPSA) is 80.3 Å². The fourth-order valence-corrected chi connectivity index (χ4v) is 2.36. The summed E-state index contributed by atoms with van der Waals surface area (Å²) in [6.45, 7) is 1.89. The fraction of sp³-hybridized carbons (Fsp3) is 0.0952. The van der Waals surface area contributed by atoms with Crippen molar-refractivity contribution >= 4 is 17.5 Å². The minimum atomic E-state index is -0.271. The molecule has 1 heterocycles. The van der Waals surface area contributed by atoms with Gasteiger partial charge >= 0.3 is 0 Å². The Bertz CT molecular complexity index is 925. The van der Waals surface area contributed by atoms with E-state index < -0.39 is 0 Å². The number of rotatable bonds is 6. The van der Waals surface area contributed by atoms with Crippen LogP contribution in [-0.2, 0) is 11.3 Å². The summed E-state index contributed by atoms with van der Waals surface area (Å²) in [5.74, 6) is 0.583. The summed E-state index contributed by atoms with van der Waals surface area (Å²) in [7, 11) is 0. The average molecular weight is 361 g/mol. The molecular formula is C21H19N3O3. The molecule has 0 spiro atoms. The van der Waals surface area contributed by atoms with Crippen LogP contribution in [0, 0.1) is 0 Å². The zero-order chi connectivity index (χ0) is 19.1. The molecule has 0 radical (unpaired) electrons. The molecule has 3 rings (SSSR count). The highest BCUT2D eigenvalue weighted by molar-refractivity contribution is 6.04. The number of nitrogens with one attached hydrogen (secondary N) is 2. The molecule has 0 aliphatic heterocycles. The molecule has 3 aromatic rings. The van der Waals surface area contributed by atoms with Gasteiger partial charge in [0.1, 0.15) is 11.4 Å². The first-order valence-corrected chi connectivity index (χ1v) is 8.44. The monoisotopic (exact) mass is 361 g/mol. The van der Waals surface area contributed by atoms with E-state index in [0.29, 0.717) is 29.4 Å². The number of amides is 2. The van der Waals surface area contributed by atoms with Crippen molar-refractivity contribution in [2.24, 2.45) is 0 Å². The number of para-hydroxylation sites is 1. The molecule has 0 saturated carbocycles. The number of nitrogens with zero attached hydrogens (tertiary/aromatic N) is 1. The Morgan fingerprint density at radius 2 is 1.70 bits per heavy atom. The number of hydrogen-bond donors (Lipinski definition) is 2. The van der Waals surface area contributed by atoms with Gasteiger partial charge in [-0.2, -0.15) is 0 Å². The highest BCUT2D eigenvalue weighted by Gasteiger charge is 2.11. The molecule has 0 saturated heterocycles. The van der Waals surface area contributed by atoms with Gasteiger partial charge in [-0.15, -0.1) is 0 Å². The standard InChI is InChI=1S/C21H19N3O3/c1-15(25)23-14-16-9-11-17(12-10-16)20(26)24-19-8-5-13-22-21(19)27-18-6-3-2-4-7-18/h2-13H,14H2,1H3,(H,23,25)(H,24,26). The Balaban J connectivity index is 1.70. The zero-order valence-electron chi connectivity index (χ0n) is 14.8. The lowest BCUT2D eigenvalue weighted by atomic mass is 10.1. The third-order valence-corrected chi connectivity index (χ3v) is 3.73. The van der Waals surface area contributed by atoms with E-state index in [9.17, 15) is 9.59 Å². The van der Waals surface area contributed by atoms with Crippen molar-refractivity contribution in [2.75, 3.05) is 5.32 Å². The normalized spacial score (nSPS) is 10.1. The first-order chi connectivity index (χ1) is 13.1. The van der Waals surface area contributed by atoms with E-state index in [1.807, 2.05) is 30.3 Å². The molecule has 6 heteroatoms. The molecule has 2 amide bonds. The van der Waals surface area contributed by atoms with Crippen molar-refractivity contribution in [1.82, 2.24) is 10.3 Å². The average Bonchev–Trinajstić information content (AvgIpc) is 2.69. The zero-order valence-corrected chi connectivity index (χ0v) is 14.8. The van der Waals surface area contributed by atoms with Gasteiger partial charge in [0.2, 0.25) is 11.8 Å². The van der Waals surface area contributed by atoms with Crippen LogP contribution in [0.4, 0.5) is 5.69 Å². The molecule has 2 N–H and O–H groups in total. The van der Waals surface area contributed by atoms with Gasteiger partial charge in [-0.25, -0.2) is 4.98 Å². The molecule has 0 unspecified atom stereocenters. The first-order valence-electron chi connectivity index (χ1n) is 8.44. The lowest BCUT2D eigenvalue weighted by molar-refractivity contribution is -0.119. The van der Waals surface area contributed by atoms with Crippen LogP contribution in [0.3, 0.4) is 0 Å². The van der Waals surface area contributed by atoms with Crippen LogP contribution >= 0.6 is 0 Å². The SMILES string of the molecule is CC(=O)NCc1ccc(C(=O)Nc2cccnc2Oc2ccccc2)cc1. The van der Waals surface area contributed by atoms with Crippen LogP contribution < -0.4 is 15.4 Å². The minimum absolute atomic E-state index is 0.0978. The van der Waals surface area contributed by atoms with Gasteiger partial charge in [-0.1, -0.05) is 30.3 Å². The van der Waals surface area contributed by atoms with Gasteiger partial charge < -0.3 is 15.4 Å². The summed E-state index contributed by atoms with van der Waals surface area (Å²) in [5, 5.41) is 5.54. The summed E-state index contributed by atoms with van der Waals surface area (Å²) in [5.41, 5.74) is 1.89. The summed E-state index contributed by atoms with van der Waals surface area (Å²) in [4.78, 5) is 27.7. The summed E-state index contributed by atoms with van der Waals surface area (Å²) in [6.07, 6.45) is 1.60. The van der Waals surface area contributed by atoms with E-state index in [0.717, 1.165) is 5.56 Å². The molecule has 0 fully saturated rings. The van der Waals surface area contributed by atoms with Gasteiger partial charge in [0.05, 0.1) is 0 Å². The molecule has 136 valence electrons. The van der Waals surface area contributed by atoms with E-state index >= 15 is 0 Å². The number of anilines is 1. The predicted octanol–water partition coefficient (Wildman–Crippen LogP) is 3.76. The summed E-state index contributed by atoms with van der Waals surface area (Å²) in [6, 6.07) is 19.7. The van der Waals surface area contributed by atoms with Crippen LogP contribution in [0.5, 0.6) is 11.6 Å². The Morgan fingerprint density at radius 1 is 0.963 bits per heavy atom. The van der Waals surface area contributed by atoms with E-state index in [-0.39, 0.29) is 11.8 Å². The van der Waals surface area contributed by atoms with E-state index in [2.05, 4.69) is 15.6 Å². The van der Waals surface area contributed by atoms with Crippen molar-refractivity contribution in [3.8, 4) is 11.6 Å². The van der Waals surface area contributed by atoms with Crippen LogP contribution in [0.15, 0.2) is 72.9 Å². The van der Waals surface area contributed by atoms with Gasteiger partial charge in [0.15, 0.2) is 0 Å². The van der Waals surface area contributed by atoms with Crippen molar-refractivity contribution in [3.05, 3.63) is 84.1 Å². The van der Waals surface area contributed by atoms with E-state index in [1.54, 1.807) is 42.6 Å². The molecule has 1 aromatic heterocycles. The van der Waals surface area contributed by atoms with E-state index in [4.69, 9.17) is 4.74 Å². The van der Waals surface area contributed by atoms with Crippen LogP contribution in [-0.4, -0.2) is 16.8 Å². The highest BCUT2D eigenvalue weighted by atomic mass is 16.5. The van der Waals surface area contributed by atoms with Crippen molar-refractivity contribution in [1.29, 1.82) is 0 Å². The Morgan fingerprint density at radius 3 is 2.41 bits per heavy atom. The highest BCUT2D eigenvalue weighted by Crippen LogP contribution is 2.27. The number of carbonyl (C=O) groups excluding carboxylic acids is 2.